The van der Waals surface area contributed by atoms with Crippen LogP contribution in [0, 0.1) is 0 Å². The van der Waals surface area contributed by atoms with E-state index in [1.54, 1.807) is 35.1 Å². The third-order valence-electron chi connectivity index (χ3n) is 3.70. The first-order valence-electron chi connectivity index (χ1n) is 8.29. The Morgan fingerprint density at radius 1 is 1.37 bits per heavy atom. The van der Waals surface area contributed by atoms with E-state index in [0.717, 1.165) is 10.9 Å². The van der Waals surface area contributed by atoms with Gasteiger partial charge in [-0.2, -0.15) is 0 Å². The van der Waals surface area contributed by atoms with Gasteiger partial charge in [-0.3, -0.25) is 9.69 Å². The van der Waals surface area contributed by atoms with Crippen LogP contribution in [0.5, 0.6) is 0 Å². The molecule has 0 N–H and O–H groups in total. The Morgan fingerprint density at radius 2 is 2.15 bits per heavy atom. The van der Waals surface area contributed by atoms with Gasteiger partial charge in [0, 0.05) is 28.6 Å². The predicted octanol–water partition coefficient (Wildman–Crippen LogP) is 5.12. The molecule has 0 aliphatic rings. The van der Waals surface area contributed by atoms with Crippen LogP contribution in [0.25, 0.3) is 0 Å². The lowest BCUT2D eigenvalue weighted by Crippen LogP contribution is -2.22. The van der Waals surface area contributed by atoms with E-state index in [4.69, 9.17) is 11.6 Å². The van der Waals surface area contributed by atoms with Crippen LogP contribution in [-0.2, 0) is 16.1 Å². The van der Waals surface area contributed by atoms with E-state index in [-0.39, 0.29) is 11.4 Å². The Labute approximate surface area is 171 Å². The zero-order chi connectivity index (χ0) is 19.6. The normalized spacial score (nSPS) is 11.6. The molecule has 0 aliphatic heterocycles. The summed E-state index contributed by atoms with van der Waals surface area (Å²) in [5.74, 6) is 0.533. The molecule has 0 radical (unpaired) electrons. The monoisotopic (exact) mass is 421 g/mol. The Morgan fingerprint density at radius 3 is 2.81 bits per heavy atom. The molecule has 6 nitrogen and oxygen atoms in total. The van der Waals surface area contributed by atoms with Crippen molar-refractivity contribution in [2.45, 2.75) is 44.1 Å². The summed E-state index contributed by atoms with van der Waals surface area (Å²) in [6, 6.07) is 7.19. The quantitative estimate of drug-likeness (QED) is 0.535. The van der Waals surface area contributed by atoms with Crippen LogP contribution in [0.4, 0.5) is 10.8 Å². The third kappa shape index (κ3) is 4.69. The fourth-order valence-corrected chi connectivity index (χ4v) is 4.60. The summed E-state index contributed by atoms with van der Waals surface area (Å²) in [5.41, 5.74) is 1.50. The van der Waals surface area contributed by atoms with Crippen LogP contribution in [0.15, 0.2) is 41.1 Å². The van der Waals surface area contributed by atoms with E-state index in [9.17, 15) is 4.79 Å². The fourth-order valence-electron chi connectivity index (χ4n) is 2.43. The highest BCUT2D eigenvalue weighted by Gasteiger charge is 2.20. The summed E-state index contributed by atoms with van der Waals surface area (Å²) in [7, 11) is 0. The lowest BCUT2D eigenvalue weighted by atomic mass is 10.1. The largest absolute Gasteiger partial charge is 0.303 e. The zero-order valence-electron chi connectivity index (χ0n) is 15.5. The number of nitrogens with zero attached hydrogens (tertiary/aromatic N) is 5. The number of hydrogen-bond donors (Lipinski definition) is 0. The number of halogens is 1. The second kappa shape index (κ2) is 8.00. The molecule has 2 heterocycles. The molecular formula is C18H20ClN5OS2. The van der Waals surface area contributed by atoms with Gasteiger partial charge in [0.1, 0.15) is 6.33 Å². The molecule has 1 aromatic carbocycles. The number of amides is 1. The number of anilines is 2. The molecular weight excluding hydrogens is 402 g/mol. The van der Waals surface area contributed by atoms with Gasteiger partial charge >= 0.3 is 0 Å². The fraction of sp³-hybridized carbons (Fsp3) is 0.333. The standard InChI is InChI=1S/C18H20ClN5OS2/c1-12(25)24(15-7-5-6-13(19)8-15)16-21-14(9-26-16)10-27-17-22-20-11-23(17)18(2,3)4/h5-9,11H,10H2,1-4H3. The smallest absolute Gasteiger partial charge is 0.230 e. The first kappa shape index (κ1) is 19.9. The maximum absolute atomic E-state index is 12.2. The van der Waals surface area contributed by atoms with Gasteiger partial charge in [-0.25, -0.2) is 4.98 Å². The van der Waals surface area contributed by atoms with Crippen molar-refractivity contribution in [1.29, 1.82) is 0 Å². The minimum atomic E-state index is -0.113. The lowest BCUT2D eigenvalue weighted by Gasteiger charge is -2.21. The average molecular weight is 422 g/mol. The van der Waals surface area contributed by atoms with Gasteiger partial charge in [-0.15, -0.1) is 21.5 Å². The van der Waals surface area contributed by atoms with Crippen molar-refractivity contribution in [2.24, 2.45) is 0 Å². The molecule has 27 heavy (non-hydrogen) atoms. The van der Waals surface area contributed by atoms with Crippen LogP contribution in [0.3, 0.4) is 0 Å². The number of carbonyl (C=O) groups excluding carboxylic acids is 1. The topological polar surface area (TPSA) is 63.9 Å². The predicted molar refractivity (Wildman–Crippen MR) is 111 cm³/mol. The molecule has 0 bridgehead atoms. The molecule has 0 saturated heterocycles. The van der Waals surface area contributed by atoms with Gasteiger partial charge in [0.05, 0.1) is 11.4 Å². The average Bonchev–Trinajstić information content (AvgIpc) is 3.21. The molecule has 0 unspecified atom stereocenters. The molecule has 142 valence electrons. The number of thiazole rings is 1. The minimum absolute atomic E-state index is 0.0862. The maximum atomic E-state index is 12.2. The second-order valence-corrected chi connectivity index (χ2v) is 9.11. The summed E-state index contributed by atoms with van der Waals surface area (Å²) in [4.78, 5) is 18.4. The molecule has 0 atom stereocenters. The molecule has 3 aromatic rings. The SMILES string of the molecule is CC(=O)N(c1cccc(Cl)c1)c1nc(CSc2nncn2C(C)(C)C)cs1. The van der Waals surface area contributed by atoms with Crippen molar-refractivity contribution < 1.29 is 4.79 Å². The van der Waals surface area contributed by atoms with E-state index in [2.05, 4.69) is 36.0 Å². The lowest BCUT2D eigenvalue weighted by molar-refractivity contribution is -0.115. The van der Waals surface area contributed by atoms with Gasteiger partial charge in [0.2, 0.25) is 5.91 Å². The first-order valence-corrected chi connectivity index (χ1v) is 10.5. The van der Waals surface area contributed by atoms with Gasteiger partial charge in [-0.1, -0.05) is 29.4 Å². The zero-order valence-corrected chi connectivity index (χ0v) is 17.9. The van der Waals surface area contributed by atoms with Gasteiger partial charge in [0.15, 0.2) is 10.3 Å². The number of carbonyl (C=O) groups is 1. The highest BCUT2D eigenvalue weighted by atomic mass is 35.5. The summed E-state index contributed by atoms with van der Waals surface area (Å²) in [5, 5.41) is 12.2. The van der Waals surface area contributed by atoms with E-state index in [0.29, 0.717) is 21.6 Å². The highest BCUT2D eigenvalue weighted by molar-refractivity contribution is 7.98. The van der Waals surface area contributed by atoms with Crippen molar-refractivity contribution in [3.63, 3.8) is 0 Å². The van der Waals surface area contributed by atoms with Crippen LogP contribution >= 0.6 is 34.7 Å². The Kier molecular flexibility index (Phi) is 5.88. The molecule has 0 saturated carbocycles. The Balaban J connectivity index is 1.78. The molecule has 3 rings (SSSR count). The van der Waals surface area contributed by atoms with Crippen LogP contribution < -0.4 is 4.90 Å². The van der Waals surface area contributed by atoms with Gasteiger partial charge < -0.3 is 4.57 Å². The third-order valence-corrected chi connectivity index (χ3v) is 5.79. The highest BCUT2D eigenvalue weighted by Crippen LogP contribution is 2.32. The minimum Gasteiger partial charge on any atom is -0.303 e. The van der Waals surface area contributed by atoms with Gasteiger partial charge in [-0.05, 0) is 39.0 Å². The summed E-state index contributed by atoms with van der Waals surface area (Å²) in [6.07, 6.45) is 1.74. The maximum Gasteiger partial charge on any atom is 0.230 e. The van der Waals surface area contributed by atoms with Crippen molar-refractivity contribution in [3.05, 3.63) is 46.7 Å². The summed E-state index contributed by atoms with van der Waals surface area (Å²) >= 11 is 9.07. The van der Waals surface area contributed by atoms with Crippen LogP contribution in [0.1, 0.15) is 33.4 Å². The Hall–Kier alpha value is -1.90. The van der Waals surface area contributed by atoms with Crippen molar-refractivity contribution >= 4 is 51.4 Å². The van der Waals surface area contributed by atoms with Gasteiger partial charge in [0.25, 0.3) is 0 Å². The van der Waals surface area contributed by atoms with E-state index in [1.807, 2.05) is 22.1 Å². The molecule has 9 heteroatoms. The number of thioether (sulfide) groups is 1. The molecule has 0 aliphatic carbocycles. The Bertz CT molecular complexity index is 947. The van der Waals surface area contributed by atoms with Crippen molar-refractivity contribution in [2.75, 3.05) is 4.90 Å². The number of rotatable bonds is 5. The molecule has 2 aromatic heterocycles. The molecule has 1 amide bonds. The van der Waals surface area contributed by atoms with E-state index in [1.165, 1.54) is 18.3 Å². The van der Waals surface area contributed by atoms with Crippen LogP contribution in [-0.4, -0.2) is 25.7 Å². The van der Waals surface area contributed by atoms with E-state index >= 15 is 0 Å². The molecule has 0 fully saturated rings. The van der Waals surface area contributed by atoms with Crippen molar-refractivity contribution in [3.8, 4) is 0 Å². The van der Waals surface area contributed by atoms with Crippen LogP contribution in [0.2, 0.25) is 5.02 Å². The summed E-state index contributed by atoms with van der Waals surface area (Å²) < 4.78 is 2.04. The summed E-state index contributed by atoms with van der Waals surface area (Å²) in [6.45, 7) is 7.84. The first-order chi connectivity index (χ1) is 12.8. The van der Waals surface area contributed by atoms with E-state index < -0.39 is 0 Å². The number of aromatic nitrogens is 4. The second-order valence-electron chi connectivity index (χ2n) is 6.90. The molecule has 0 spiro atoms. The number of benzene rings is 1. The number of hydrogen-bond acceptors (Lipinski definition) is 6. The van der Waals surface area contributed by atoms with Crippen molar-refractivity contribution in [1.82, 2.24) is 19.7 Å².